The number of nitrogens with one attached hydrogen (secondary N) is 1. The van der Waals surface area contributed by atoms with E-state index in [1.807, 2.05) is 0 Å². The highest BCUT2D eigenvalue weighted by molar-refractivity contribution is 7.99. The van der Waals surface area contributed by atoms with Gasteiger partial charge in [0.2, 0.25) is 5.91 Å². The van der Waals surface area contributed by atoms with Crippen molar-refractivity contribution in [3.05, 3.63) is 10.1 Å². The molecule has 2 saturated heterocycles. The van der Waals surface area contributed by atoms with Gasteiger partial charge < -0.3 is 42.5 Å². The maximum absolute atomic E-state index is 12.0. The third kappa shape index (κ3) is 6.15. The van der Waals surface area contributed by atoms with E-state index in [1.165, 1.54) is 18.7 Å². The molecule has 0 aromatic heterocycles. The molecule has 2 rings (SSSR count). The molecule has 0 aliphatic carbocycles. The Hall–Kier alpha value is -1.34. The van der Waals surface area contributed by atoms with Crippen molar-refractivity contribution >= 4 is 23.6 Å². The van der Waals surface area contributed by atoms with E-state index in [4.69, 9.17) is 14.2 Å². The van der Waals surface area contributed by atoms with E-state index in [0.717, 1.165) is 0 Å². The number of hydrogen-bond acceptors (Lipinski definition) is 9. The van der Waals surface area contributed by atoms with Crippen molar-refractivity contribution in [3.63, 3.8) is 0 Å². The van der Waals surface area contributed by atoms with Crippen LogP contribution in [0, 0.1) is 10.1 Å². The van der Waals surface area contributed by atoms with Gasteiger partial charge in [0, 0.05) is 6.92 Å². The van der Waals surface area contributed by atoms with Gasteiger partial charge >= 0.3 is 5.97 Å². The van der Waals surface area contributed by atoms with Gasteiger partial charge in [-0.2, -0.15) is 0 Å². The van der Waals surface area contributed by atoms with Gasteiger partial charge in [-0.05, 0) is 0 Å². The van der Waals surface area contributed by atoms with E-state index < -0.39 is 41.5 Å². The summed E-state index contributed by atoms with van der Waals surface area (Å²) < 4.78 is 16.1. The summed E-state index contributed by atoms with van der Waals surface area (Å²) in [6.07, 6.45) is -2.69. The molecule has 0 radical (unpaired) electrons. The fourth-order valence-corrected chi connectivity index (χ4v) is 3.24. The molecule has 2 fully saturated rings. The van der Waals surface area contributed by atoms with Gasteiger partial charge in [0.05, 0.1) is 24.8 Å². The van der Waals surface area contributed by atoms with E-state index in [-0.39, 0.29) is 31.5 Å². The average molecular weight is 402 g/mol. The van der Waals surface area contributed by atoms with Crippen molar-refractivity contribution in [3.8, 4) is 0 Å². The van der Waals surface area contributed by atoms with Crippen LogP contribution in [0.15, 0.2) is 0 Å². The summed E-state index contributed by atoms with van der Waals surface area (Å²) >= 11 is 1.35. The number of rotatable bonds is 8. The zero-order valence-corrected chi connectivity index (χ0v) is 15.0. The standard InChI is InChI=1S/C12H19N3O8S.ClH/c1-6(16)14-5-24-4-7(13)12(17)22-8-2-20-11-9(23-15(18)19)3-21-10(8)11;/h7-11H,2-5,13H2,1H3,(H,14,16);1H/t7-,8-,9+,10+,11+;/m0./s1. The average Bonchev–Trinajstić information content (AvgIpc) is 3.07. The van der Waals surface area contributed by atoms with Crippen LogP contribution in [-0.4, -0.2) is 72.3 Å². The Bertz CT molecular complexity index is 499. The lowest BCUT2D eigenvalue weighted by molar-refractivity contribution is -0.769. The number of halogens is 1. The Kier molecular flexibility index (Phi) is 8.65. The summed E-state index contributed by atoms with van der Waals surface area (Å²) in [5.41, 5.74) is 3.73. The molecule has 25 heavy (non-hydrogen) atoms. The van der Waals surface area contributed by atoms with Crippen molar-refractivity contribution in [1.29, 1.82) is 0 Å². The Labute approximate surface area is 153 Å². The topological polar surface area (TPSA) is 154 Å². The molecule has 0 aromatic rings. The summed E-state index contributed by atoms with van der Waals surface area (Å²) in [6, 6.07) is -0.616. The molecule has 4 N–H and O–H groups in total. The van der Waals surface area contributed by atoms with Crippen LogP contribution >= 0.6 is 11.8 Å². The highest BCUT2D eigenvalue weighted by Gasteiger charge is 2.51. The van der Waals surface area contributed by atoms with E-state index in [9.17, 15) is 19.7 Å². The highest BCUT2D eigenvalue weighted by Crippen LogP contribution is 2.30. The van der Waals surface area contributed by atoms with E-state index in [2.05, 4.69) is 15.9 Å². The van der Waals surface area contributed by atoms with E-state index >= 15 is 0 Å². The molecule has 0 unspecified atom stereocenters. The van der Waals surface area contributed by atoms with Crippen molar-refractivity contribution in [1.82, 2.24) is 5.32 Å². The molecule has 0 saturated carbocycles. The van der Waals surface area contributed by atoms with Crippen LogP contribution in [0.2, 0.25) is 0 Å². The summed E-state index contributed by atoms with van der Waals surface area (Å²) in [5.74, 6) is 0.107. The Balaban J connectivity index is 0.00000312. The molecule has 11 nitrogen and oxygen atoms in total. The van der Waals surface area contributed by atoms with Gasteiger partial charge in [0.15, 0.2) is 18.2 Å². The second-order valence-corrected chi connectivity index (χ2v) is 6.41. The van der Waals surface area contributed by atoms with Crippen LogP contribution in [-0.2, 0) is 28.6 Å². The first-order valence-corrected chi connectivity index (χ1v) is 8.44. The lowest BCUT2D eigenvalue weighted by atomic mass is 10.1. The normalized spacial score (nSPS) is 28.4. The van der Waals surface area contributed by atoms with E-state index in [0.29, 0.717) is 11.6 Å². The summed E-state index contributed by atoms with van der Waals surface area (Å²) in [5, 5.41) is 12.1. The van der Waals surface area contributed by atoms with Crippen molar-refractivity contribution in [2.45, 2.75) is 37.4 Å². The Morgan fingerprint density at radius 3 is 2.56 bits per heavy atom. The molecular formula is C12H20ClN3O8S. The Morgan fingerprint density at radius 1 is 1.36 bits per heavy atom. The SMILES string of the molecule is CC(=O)NCSC[C@H]([NH3+])C(=O)O[C@H]1CO[C@H]2[C@@H]1OC[C@H]2O[N+](=O)[O-].[Cl-]. The summed E-state index contributed by atoms with van der Waals surface area (Å²) in [7, 11) is 0. The zero-order valence-electron chi connectivity index (χ0n) is 13.4. The van der Waals surface area contributed by atoms with Gasteiger partial charge in [-0.1, -0.05) is 0 Å². The molecule has 1 amide bonds. The predicted octanol–water partition coefficient (Wildman–Crippen LogP) is -5.29. The van der Waals surface area contributed by atoms with Gasteiger partial charge in [-0.25, -0.2) is 4.79 Å². The first-order chi connectivity index (χ1) is 11.4. The smallest absolute Gasteiger partial charge is 0.366 e. The molecule has 0 bridgehead atoms. The number of amides is 1. The predicted molar refractivity (Wildman–Crippen MR) is 79.0 cm³/mol. The van der Waals surface area contributed by atoms with Crippen molar-refractivity contribution < 1.29 is 51.9 Å². The van der Waals surface area contributed by atoms with Crippen molar-refractivity contribution in [2.24, 2.45) is 0 Å². The van der Waals surface area contributed by atoms with Crippen LogP contribution in [0.5, 0.6) is 0 Å². The maximum atomic E-state index is 12.0. The second-order valence-electron chi connectivity index (χ2n) is 5.38. The maximum Gasteiger partial charge on any atom is 0.366 e. The quantitative estimate of drug-likeness (QED) is 0.133. The van der Waals surface area contributed by atoms with Crippen LogP contribution in [0.1, 0.15) is 6.92 Å². The van der Waals surface area contributed by atoms with Gasteiger partial charge in [-0.3, -0.25) is 4.79 Å². The van der Waals surface area contributed by atoms with Gasteiger partial charge in [-0.15, -0.1) is 21.9 Å². The molecular weight excluding hydrogens is 382 g/mol. The van der Waals surface area contributed by atoms with E-state index in [1.54, 1.807) is 0 Å². The summed E-state index contributed by atoms with van der Waals surface area (Å²) in [4.78, 5) is 37.7. The highest BCUT2D eigenvalue weighted by atomic mass is 35.5. The van der Waals surface area contributed by atoms with Gasteiger partial charge in [0.1, 0.15) is 12.2 Å². The number of nitrogens with zero attached hydrogens (tertiary/aromatic N) is 1. The number of thioether (sulfide) groups is 1. The minimum absolute atomic E-state index is 0. The van der Waals surface area contributed by atoms with Crippen molar-refractivity contribution in [2.75, 3.05) is 24.8 Å². The number of fused-ring (bicyclic) bond motifs is 1. The Morgan fingerprint density at radius 2 is 1.96 bits per heavy atom. The molecule has 0 aromatic carbocycles. The van der Waals surface area contributed by atoms with Crippen LogP contribution in [0.25, 0.3) is 0 Å². The molecule has 13 heteroatoms. The second kappa shape index (κ2) is 9.97. The minimum Gasteiger partial charge on any atom is -1.00 e. The fraction of sp³-hybridized carbons (Fsp3) is 0.833. The lowest BCUT2D eigenvalue weighted by Gasteiger charge is -2.18. The minimum atomic E-state index is -0.891. The monoisotopic (exact) mass is 401 g/mol. The van der Waals surface area contributed by atoms with Crippen LogP contribution in [0.4, 0.5) is 0 Å². The molecule has 0 spiro atoms. The first-order valence-electron chi connectivity index (χ1n) is 7.28. The number of carbonyl (C=O) groups excluding carboxylic acids is 2. The number of hydrogen-bond donors (Lipinski definition) is 2. The van der Waals surface area contributed by atoms with Crippen LogP contribution in [0.3, 0.4) is 0 Å². The zero-order chi connectivity index (χ0) is 17.7. The number of esters is 1. The van der Waals surface area contributed by atoms with Gasteiger partial charge in [0.25, 0.3) is 5.09 Å². The summed E-state index contributed by atoms with van der Waals surface area (Å²) in [6.45, 7) is 1.50. The largest absolute Gasteiger partial charge is 1.00 e. The molecule has 2 aliphatic heterocycles. The molecule has 2 heterocycles. The van der Waals surface area contributed by atoms with Crippen LogP contribution < -0.4 is 23.5 Å². The lowest BCUT2D eigenvalue weighted by Crippen LogP contribution is -3.00. The molecule has 5 atom stereocenters. The number of quaternary nitrogens is 1. The number of carbonyl (C=O) groups is 2. The fourth-order valence-electron chi connectivity index (χ4n) is 2.40. The molecule has 2 aliphatic rings. The number of ether oxygens (including phenoxy) is 3. The third-order valence-corrected chi connectivity index (χ3v) is 4.51. The molecule has 144 valence electrons. The third-order valence-electron chi connectivity index (χ3n) is 3.53. The first kappa shape index (κ1) is 21.7.